The van der Waals surface area contributed by atoms with E-state index in [-0.39, 0.29) is 0 Å². The number of sulfonamides is 1. The molecule has 0 aliphatic carbocycles. The summed E-state index contributed by atoms with van der Waals surface area (Å²) in [5.74, 6) is 0. The van der Waals surface area contributed by atoms with E-state index in [4.69, 9.17) is 0 Å². The lowest BCUT2D eigenvalue weighted by molar-refractivity contribution is 0.134. The highest BCUT2D eigenvalue weighted by atomic mass is 32.2. The van der Waals surface area contributed by atoms with E-state index in [1.54, 1.807) is 18.3 Å². The third-order valence-electron chi connectivity index (χ3n) is 3.77. The summed E-state index contributed by atoms with van der Waals surface area (Å²) in [6.07, 6.45) is 1.63. The van der Waals surface area contributed by atoms with E-state index < -0.39 is 10.0 Å². The van der Waals surface area contributed by atoms with Gasteiger partial charge in [-0.1, -0.05) is 18.2 Å². The first kappa shape index (κ1) is 13.5. The number of nitrogens with zero attached hydrogens (tertiary/aromatic N) is 3. The summed E-state index contributed by atoms with van der Waals surface area (Å²) in [6, 6.07) is 9.26. The maximum atomic E-state index is 12.7. The lowest BCUT2D eigenvalue weighted by atomic mass is 10.2. The Balaban J connectivity index is 1.99. The largest absolute Gasteiger partial charge is 0.304 e. The van der Waals surface area contributed by atoms with Crippen LogP contribution in [0.4, 0.5) is 0 Å². The van der Waals surface area contributed by atoms with Crippen LogP contribution in [0.2, 0.25) is 0 Å². The van der Waals surface area contributed by atoms with Gasteiger partial charge in [0.15, 0.2) is 0 Å². The van der Waals surface area contributed by atoms with Crippen molar-refractivity contribution in [2.45, 2.75) is 10.9 Å². The molecular formula is C14H17N3O2S. The molecule has 1 aromatic heterocycles. The molecule has 0 atom stereocenters. The standard InChI is InChI=1S/C14H17N3O2S/c1-16(2)12-9-17(10-12)20(18,19)13-7-3-5-11-6-4-8-15-14(11)13/h3-8,12H,9-10H2,1-2H3. The molecule has 3 rings (SSSR count). The smallest absolute Gasteiger partial charge is 0.245 e. The van der Waals surface area contributed by atoms with Crippen molar-refractivity contribution < 1.29 is 8.42 Å². The van der Waals surface area contributed by atoms with E-state index in [9.17, 15) is 8.42 Å². The van der Waals surface area contributed by atoms with Gasteiger partial charge in [0.2, 0.25) is 10.0 Å². The molecule has 2 heterocycles. The number of rotatable bonds is 3. The Labute approximate surface area is 118 Å². The monoisotopic (exact) mass is 291 g/mol. The summed E-state index contributed by atoms with van der Waals surface area (Å²) in [6.45, 7) is 1.08. The lowest BCUT2D eigenvalue weighted by Gasteiger charge is -2.41. The molecule has 0 amide bonds. The molecule has 0 spiro atoms. The fourth-order valence-corrected chi connectivity index (χ4v) is 4.04. The van der Waals surface area contributed by atoms with Gasteiger partial charge in [0, 0.05) is 30.7 Å². The average molecular weight is 291 g/mol. The average Bonchev–Trinajstić information content (AvgIpc) is 2.35. The summed E-state index contributed by atoms with van der Waals surface area (Å²) in [5, 5.41) is 0.846. The van der Waals surface area contributed by atoms with Gasteiger partial charge >= 0.3 is 0 Å². The van der Waals surface area contributed by atoms with Gasteiger partial charge in [-0.05, 0) is 26.2 Å². The number of hydrogen-bond acceptors (Lipinski definition) is 4. The quantitative estimate of drug-likeness (QED) is 0.852. The number of likely N-dealkylation sites (N-methyl/N-ethyl adjacent to an activating group) is 1. The van der Waals surface area contributed by atoms with Crippen LogP contribution < -0.4 is 0 Å². The van der Waals surface area contributed by atoms with Crippen LogP contribution in [0.5, 0.6) is 0 Å². The Morgan fingerprint density at radius 2 is 1.90 bits per heavy atom. The Hall–Kier alpha value is -1.50. The van der Waals surface area contributed by atoms with Gasteiger partial charge in [-0.25, -0.2) is 8.42 Å². The van der Waals surface area contributed by atoms with Gasteiger partial charge in [0.25, 0.3) is 0 Å². The van der Waals surface area contributed by atoms with E-state index in [1.807, 2.05) is 37.2 Å². The van der Waals surface area contributed by atoms with Crippen LogP contribution in [-0.2, 0) is 10.0 Å². The molecule has 20 heavy (non-hydrogen) atoms. The van der Waals surface area contributed by atoms with E-state index >= 15 is 0 Å². The molecule has 0 radical (unpaired) electrons. The number of hydrogen-bond donors (Lipinski definition) is 0. The van der Waals surface area contributed by atoms with Crippen LogP contribution in [0, 0.1) is 0 Å². The molecule has 1 aromatic carbocycles. The Morgan fingerprint density at radius 3 is 2.60 bits per heavy atom. The summed E-state index contributed by atoms with van der Waals surface area (Å²) in [4.78, 5) is 6.57. The summed E-state index contributed by atoms with van der Waals surface area (Å²) < 4.78 is 26.8. The number of para-hydroxylation sites is 1. The van der Waals surface area contributed by atoms with Crippen molar-refractivity contribution in [3.8, 4) is 0 Å². The first-order valence-electron chi connectivity index (χ1n) is 6.50. The highest BCUT2D eigenvalue weighted by Gasteiger charge is 2.38. The van der Waals surface area contributed by atoms with Gasteiger partial charge in [-0.15, -0.1) is 0 Å². The minimum Gasteiger partial charge on any atom is -0.304 e. The third kappa shape index (κ3) is 2.09. The second-order valence-electron chi connectivity index (χ2n) is 5.27. The highest BCUT2D eigenvalue weighted by molar-refractivity contribution is 7.89. The Kier molecular flexibility index (Phi) is 3.24. The maximum absolute atomic E-state index is 12.7. The first-order valence-corrected chi connectivity index (χ1v) is 7.94. The molecule has 2 aromatic rings. The predicted octanol–water partition coefficient (Wildman–Crippen LogP) is 1.17. The molecule has 0 unspecified atom stereocenters. The third-order valence-corrected chi connectivity index (χ3v) is 5.64. The molecular weight excluding hydrogens is 274 g/mol. The van der Waals surface area contributed by atoms with Crippen LogP contribution in [0.25, 0.3) is 10.9 Å². The van der Waals surface area contributed by atoms with E-state index in [0.717, 1.165) is 5.39 Å². The fourth-order valence-electron chi connectivity index (χ4n) is 2.36. The van der Waals surface area contributed by atoms with Crippen LogP contribution in [0.15, 0.2) is 41.4 Å². The van der Waals surface area contributed by atoms with Crippen molar-refractivity contribution in [1.29, 1.82) is 0 Å². The predicted molar refractivity (Wildman–Crippen MR) is 78.0 cm³/mol. The zero-order valence-corrected chi connectivity index (χ0v) is 12.3. The van der Waals surface area contributed by atoms with Gasteiger partial charge in [0.05, 0.1) is 5.52 Å². The minimum atomic E-state index is -3.45. The van der Waals surface area contributed by atoms with Crippen molar-refractivity contribution in [3.05, 3.63) is 36.5 Å². The normalized spacial score (nSPS) is 17.6. The number of benzene rings is 1. The molecule has 5 nitrogen and oxygen atoms in total. The molecule has 0 bridgehead atoms. The summed E-state index contributed by atoms with van der Waals surface area (Å²) >= 11 is 0. The second kappa shape index (κ2) is 4.80. The Bertz CT molecular complexity index is 732. The van der Waals surface area contributed by atoms with Gasteiger partial charge in [-0.2, -0.15) is 4.31 Å². The molecule has 6 heteroatoms. The van der Waals surface area contributed by atoms with Crippen molar-refractivity contribution in [1.82, 2.24) is 14.2 Å². The zero-order valence-electron chi connectivity index (χ0n) is 11.5. The van der Waals surface area contributed by atoms with Gasteiger partial charge in [0.1, 0.15) is 4.90 Å². The Morgan fingerprint density at radius 1 is 1.20 bits per heavy atom. The molecule has 0 N–H and O–H groups in total. The lowest BCUT2D eigenvalue weighted by Crippen LogP contribution is -2.59. The van der Waals surface area contributed by atoms with Gasteiger partial charge < -0.3 is 4.90 Å². The van der Waals surface area contributed by atoms with Crippen molar-refractivity contribution in [2.75, 3.05) is 27.2 Å². The van der Waals surface area contributed by atoms with Gasteiger partial charge in [-0.3, -0.25) is 4.98 Å². The first-order chi connectivity index (χ1) is 9.50. The van der Waals surface area contributed by atoms with E-state index in [0.29, 0.717) is 29.5 Å². The van der Waals surface area contributed by atoms with E-state index in [2.05, 4.69) is 4.98 Å². The summed E-state index contributed by atoms with van der Waals surface area (Å²) in [7, 11) is 0.482. The molecule has 0 saturated carbocycles. The summed E-state index contributed by atoms with van der Waals surface area (Å²) in [5.41, 5.74) is 0.545. The SMILES string of the molecule is CN(C)C1CN(S(=O)(=O)c2cccc3cccnc23)C1. The van der Waals surface area contributed by atoms with Crippen molar-refractivity contribution >= 4 is 20.9 Å². The number of fused-ring (bicyclic) bond motifs is 1. The van der Waals surface area contributed by atoms with Crippen LogP contribution >= 0.6 is 0 Å². The van der Waals surface area contributed by atoms with Crippen LogP contribution in [0.1, 0.15) is 0 Å². The zero-order chi connectivity index (χ0) is 14.3. The highest BCUT2D eigenvalue weighted by Crippen LogP contribution is 2.27. The molecule has 1 saturated heterocycles. The number of aromatic nitrogens is 1. The molecule has 1 fully saturated rings. The van der Waals surface area contributed by atoms with Crippen molar-refractivity contribution in [3.63, 3.8) is 0 Å². The molecule has 1 aliphatic rings. The number of pyridine rings is 1. The molecule has 1 aliphatic heterocycles. The van der Waals surface area contributed by atoms with E-state index in [1.165, 1.54) is 4.31 Å². The van der Waals surface area contributed by atoms with Crippen LogP contribution in [-0.4, -0.2) is 55.8 Å². The second-order valence-corrected chi connectivity index (χ2v) is 7.18. The molecule has 106 valence electrons. The van der Waals surface area contributed by atoms with Crippen LogP contribution in [0.3, 0.4) is 0 Å². The fraction of sp³-hybridized carbons (Fsp3) is 0.357. The van der Waals surface area contributed by atoms with Crippen molar-refractivity contribution in [2.24, 2.45) is 0 Å². The topological polar surface area (TPSA) is 53.5 Å². The minimum absolute atomic E-state index is 0.299. The maximum Gasteiger partial charge on any atom is 0.245 e.